The zero-order valence-corrected chi connectivity index (χ0v) is 25.9. The molecule has 0 saturated carbocycles. The molecule has 2 aromatic carbocycles. The second-order valence-electron chi connectivity index (χ2n) is 10.6. The van der Waals surface area contributed by atoms with E-state index in [9.17, 15) is 10.1 Å². The van der Waals surface area contributed by atoms with Crippen LogP contribution in [-0.2, 0) is 35.2 Å². The van der Waals surface area contributed by atoms with Gasteiger partial charge >= 0.3 is 7.60 Å². The number of hydrogen-bond donors (Lipinski definition) is 0. The summed E-state index contributed by atoms with van der Waals surface area (Å²) >= 11 is 0. The first kappa shape index (κ1) is 32.1. The molecule has 2 aromatic rings. The number of piperidine rings is 1. The average Bonchev–Trinajstić information content (AvgIpc) is 3.00. The third-order valence-electron chi connectivity index (χ3n) is 7.86. The van der Waals surface area contributed by atoms with E-state index in [2.05, 4.69) is 28.0 Å². The van der Waals surface area contributed by atoms with E-state index >= 15 is 4.57 Å². The van der Waals surface area contributed by atoms with Gasteiger partial charge in [0, 0.05) is 44.3 Å². The van der Waals surface area contributed by atoms with Gasteiger partial charge in [-0.25, -0.2) is 0 Å². The maximum atomic E-state index is 15.3. The summed E-state index contributed by atoms with van der Waals surface area (Å²) < 4.78 is 38.1. The Morgan fingerprint density at radius 2 is 1.55 bits per heavy atom. The minimum Gasteiger partial charge on any atom is -0.382 e. The number of allylic oxidation sites excluding steroid dienone is 2. The summed E-state index contributed by atoms with van der Waals surface area (Å²) in [5, 5.41) is 12.4. The highest BCUT2D eigenvalue weighted by molar-refractivity contribution is 7.58. The summed E-state index contributed by atoms with van der Waals surface area (Å²) in [5.41, 5.74) is 2.27. The number of benzene rings is 2. The second-order valence-corrected chi connectivity index (χ2v) is 12.5. The standard InChI is InChI=1S/C31H42N3O7P/c1-25-23-31(32-16-9-6-10-17-32,28-14-11-15-29(22-28)34(35)36)30(26(2)33(25)24-27-12-7-5-8-13-27)42(37,40-20-18-38-3)41-21-19-39-4/h5,7-8,11-15,22-23H,6,9-10,16-21,24H2,1-4H3. The van der Waals surface area contributed by atoms with Gasteiger partial charge in [-0.15, -0.1) is 0 Å². The Kier molecular flexibility index (Phi) is 11.1. The smallest absolute Gasteiger partial charge is 0.361 e. The SMILES string of the molecule is COCCOP(=O)(OCCOC)C1=C(C)N(Cc2ccccc2)C(C)=CC1(c1cccc([N+](=O)[O-])c1)N1CCCCC1. The summed E-state index contributed by atoms with van der Waals surface area (Å²) in [6.07, 6.45) is 5.06. The van der Waals surface area contributed by atoms with Gasteiger partial charge in [0.2, 0.25) is 0 Å². The molecule has 42 heavy (non-hydrogen) atoms. The number of nitro benzene ring substituents is 1. The van der Waals surface area contributed by atoms with Gasteiger partial charge < -0.3 is 23.4 Å². The zero-order valence-electron chi connectivity index (χ0n) is 25.0. The fourth-order valence-electron chi connectivity index (χ4n) is 5.93. The van der Waals surface area contributed by atoms with Crippen LogP contribution in [-0.4, -0.2) is 68.5 Å². The molecule has 0 aromatic heterocycles. The summed E-state index contributed by atoms with van der Waals surface area (Å²) in [7, 11) is -0.938. The maximum Gasteiger partial charge on any atom is 0.361 e. The highest BCUT2D eigenvalue weighted by Crippen LogP contribution is 2.66. The Balaban J connectivity index is 2.01. The quantitative estimate of drug-likeness (QED) is 0.105. The predicted octanol–water partition coefficient (Wildman–Crippen LogP) is 6.45. The van der Waals surface area contributed by atoms with Gasteiger partial charge in [0.05, 0.1) is 36.7 Å². The van der Waals surface area contributed by atoms with E-state index in [0.717, 1.165) is 49.3 Å². The number of methoxy groups -OCH3 is 2. The Morgan fingerprint density at radius 3 is 2.14 bits per heavy atom. The van der Waals surface area contributed by atoms with Gasteiger partial charge in [0.25, 0.3) is 5.69 Å². The Bertz CT molecular complexity index is 1310. The fraction of sp³-hybridized carbons (Fsp3) is 0.484. The summed E-state index contributed by atoms with van der Waals surface area (Å²) in [6, 6.07) is 16.7. The molecule has 1 unspecified atom stereocenters. The van der Waals surface area contributed by atoms with Crippen molar-refractivity contribution < 1.29 is 28.0 Å². The van der Waals surface area contributed by atoms with Crippen molar-refractivity contribution in [2.24, 2.45) is 0 Å². The number of likely N-dealkylation sites (tertiary alicyclic amines) is 1. The maximum absolute atomic E-state index is 15.3. The van der Waals surface area contributed by atoms with Gasteiger partial charge in [-0.2, -0.15) is 0 Å². The van der Waals surface area contributed by atoms with Crippen LogP contribution in [0.1, 0.15) is 44.2 Å². The van der Waals surface area contributed by atoms with Crippen LogP contribution in [0.4, 0.5) is 5.69 Å². The third-order valence-corrected chi connectivity index (χ3v) is 10.1. The molecule has 4 rings (SSSR count). The van der Waals surface area contributed by atoms with Crippen molar-refractivity contribution in [1.82, 2.24) is 9.80 Å². The topological polar surface area (TPSA) is 104 Å². The Labute approximate surface area is 248 Å². The van der Waals surface area contributed by atoms with Crippen molar-refractivity contribution in [2.45, 2.75) is 45.2 Å². The van der Waals surface area contributed by atoms with Crippen LogP contribution in [0.5, 0.6) is 0 Å². The molecule has 0 N–H and O–H groups in total. The lowest BCUT2D eigenvalue weighted by Gasteiger charge is -2.51. The van der Waals surface area contributed by atoms with Crippen molar-refractivity contribution in [3.8, 4) is 0 Å². The molecular formula is C31H42N3O7P. The first-order chi connectivity index (χ1) is 20.3. The molecule has 10 nitrogen and oxygen atoms in total. The van der Waals surface area contributed by atoms with Crippen LogP contribution in [0.3, 0.4) is 0 Å². The number of nitro groups is 1. The van der Waals surface area contributed by atoms with Crippen LogP contribution in [0.2, 0.25) is 0 Å². The number of rotatable bonds is 14. The third kappa shape index (κ3) is 6.86. The molecule has 228 valence electrons. The summed E-state index contributed by atoms with van der Waals surface area (Å²) in [4.78, 5) is 16.0. The van der Waals surface area contributed by atoms with Crippen molar-refractivity contribution in [3.05, 3.63) is 98.6 Å². The van der Waals surface area contributed by atoms with E-state index in [1.54, 1.807) is 26.4 Å². The number of non-ortho nitro benzene ring substituents is 1. The molecule has 0 aliphatic carbocycles. The predicted molar refractivity (Wildman–Crippen MR) is 162 cm³/mol. The summed E-state index contributed by atoms with van der Waals surface area (Å²) in [6.45, 7) is 6.49. The van der Waals surface area contributed by atoms with E-state index < -0.39 is 18.1 Å². The molecule has 0 radical (unpaired) electrons. The van der Waals surface area contributed by atoms with E-state index in [0.29, 0.717) is 17.4 Å². The fourth-order valence-corrected chi connectivity index (χ4v) is 8.16. The van der Waals surface area contributed by atoms with Crippen molar-refractivity contribution in [2.75, 3.05) is 53.7 Å². The van der Waals surface area contributed by atoms with Crippen molar-refractivity contribution in [1.29, 1.82) is 0 Å². The van der Waals surface area contributed by atoms with E-state index in [4.69, 9.17) is 18.5 Å². The first-order valence-corrected chi connectivity index (χ1v) is 15.9. The highest BCUT2D eigenvalue weighted by atomic mass is 31.2. The minimum absolute atomic E-state index is 0.0332. The lowest BCUT2D eigenvalue weighted by Crippen LogP contribution is -2.52. The average molecular weight is 600 g/mol. The molecule has 0 amide bonds. The van der Waals surface area contributed by atoms with Crippen LogP contribution in [0.25, 0.3) is 0 Å². The van der Waals surface area contributed by atoms with Gasteiger partial charge in [0.1, 0.15) is 5.54 Å². The van der Waals surface area contributed by atoms with Crippen LogP contribution >= 0.6 is 7.60 Å². The molecule has 1 fully saturated rings. The minimum atomic E-state index is -4.05. The monoisotopic (exact) mass is 599 g/mol. The molecule has 1 atom stereocenters. The Hall–Kier alpha value is -2.85. The first-order valence-electron chi connectivity index (χ1n) is 14.4. The van der Waals surface area contributed by atoms with Crippen LogP contribution < -0.4 is 0 Å². The lowest BCUT2D eigenvalue weighted by molar-refractivity contribution is -0.385. The summed E-state index contributed by atoms with van der Waals surface area (Å²) in [5.74, 6) is 0. The number of hydrogen-bond acceptors (Lipinski definition) is 9. The normalized spacial score (nSPS) is 20.1. The van der Waals surface area contributed by atoms with E-state index in [-0.39, 0.29) is 32.1 Å². The van der Waals surface area contributed by atoms with E-state index in [1.807, 2.05) is 38.1 Å². The van der Waals surface area contributed by atoms with Gasteiger partial charge in [0.15, 0.2) is 0 Å². The van der Waals surface area contributed by atoms with Crippen LogP contribution in [0.15, 0.2) is 77.4 Å². The van der Waals surface area contributed by atoms with Crippen molar-refractivity contribution in [3.63, 3.8) is 0 Å². The number of nitrogens with zero attached hydrogens (tertiary/aromatic N) is 3. The van der Waals surface area contributed by atoms with Gasteiger partial charge in [-0.3, -0.25) is 19.6 Å². The zero-order chi connectivity index (χ0) is 30.2. The van der Waals surface area contributed by atoms with Gasteiger partial charge in [-0.05, 0) is 57.0 Å². The molecule has 0 bridgehead atoms. The number of ether oxygens (including phenoxy) is 2. The van der Waals surface area contributed by atoms with Gasteiger partial charge in [-0.1, -0.05) is 48.9 Å². The molecular weight excluding hydrogens is 557 g/mol. The Morgan fingerprint density at radius 1 is 0.905 bits per heavy atom. The lowest BCUT2D eigenvalue weighted by atomic mass is 9.81. The second kappa shape index (κ2) is 14.6. The van der Waals surface area contributed by atoms with E-state index in [1.165, 1.54) is 6.07 Å². The largest absolute Gasteiger partial charge is 0.382 e. The molecule has 11 heteroatoms. The molecule has 2 aliphatic heterocycles. The molecule has 1 saturated heterocycles. The van der Waals surface area contributed by atoms with Crippen molar-refractivity contribution >= 4 is 13.3 Å². The highest BCUT2D eigenvalue weighted by Gasteiger charge is 2.54. The van der Waals surface area contributed by atoms with Crippen LogP contribution in [0, 0.1) is 10.1 Å². The molecule has 2 heterocycles. The molecule has 0 spiro atoms. The molecule has 2 aliphatic rings.